The van der Waals surface area contributed by atoms with E-state index in [4.69, 9.17) is 5.26 Å². The standard InChI is InChI=1S/C17H12F3N3O2/c1-9(13-4-2-11(18)7-15(13)20)22-16(24)17(25)23-12-3-5-14(19)10(6-12)8-21/h2-7,9H,1H3,(H,22,24)(H,23,25)/t9-/m1/s1. The van der Waals surface area contributed by atoms with E-state index in [0.29, 0.717) is 6.07 Å². The summed E-state index contributed by atoms with van der Waals surface area (Å²) in [5.74, 6) is -4.53. The number of rotatable bonds is 3. The van der Waals surface area contributed by atoms with Crippen LogP contribution in [-0.4, -0.2) is 11.8 Å². The van der Waals surface area contributed by atoms with Gasteiger partial charge < -0.3 is 10.6 Å². The average molecular weight is 347 g/mol. The molecular formula is C17H12F3N3O2. The lowest BCUT2D eigenvalue weighted by Gasteiger charge is -2.15. The molecular weight excluding hydrogens is 335 g/mol. The molecule has 0 radical (unpaired) electrons. The molecule has 2 N–H and O–H groups in total. The van der Waals surface area contributed by atoms with Crippen LogP contribution in [0.2, 0.25) is 0 Å². The molecule has 0 aromatic heterocycles. The van der Waals surface area contributed by atoms with Gasteiger partial charge in [-0.3, -0.25) is 9.59 Å². The predicted molar refractivity (Wildman–Crippen MR) is 82.7 cm³/mol. The van der Waals surface area contributed by atoms with Crippen LogP contribution in [-0.2, 0) is 9.59 Å². The quantitative estimate of drug-likeness (QED) is 0.838. The minimum Gasteiger partial charge on any atom is -0.341 e. The van der Waals surface area contributed by atoms with Crippen molar-refractivity contribution in [2.75, 3.05) is 5.32 Å². The smallest absolute Gasteiger partial charge is 0.313 e. The minimum atomic E-state index is -1.08. The molecule has 128 valence electrons. The Labute approximate surface area is 141 Å². The van der Waals surface area contributed by atoms with Crippen LogP contribution in [0.4, 0.5) is 18.9 Å². The van der Waals surface area contributed by atoms with Gasteiger partial charge >= 0.3 is 11.8 Å². The third-order valence-electron chi connectivity index (χ3n) is 3.33. The van der Waals surface area contributed by atoms with Crippen molar-refractivity contribution in [1.29, 1.82) is 5.26 Å². The van der Waals surface area contributed by atoms with Gasteiger partial charge in [0.15, 0.2) is 0 Å². The van der Waals surface area contributed by atoms with Crippen molar-refractivity contribution < 1.29 is 22.8 Å². The molecule has 0 aliphatic heterocycles. The molecule has 2 aromatic carbocycles. The molecule has 2 amide bonds. The van der Waals surface area contributed by atoms with Crippen LogP contribution >= 0.6 is 0 Å². The van der Waals surface area contributed by atoms with E-state index in [2.05, 4.69) is 10.6 Å². The number of carbonyl (C=O) groups excluding carboxylic acids is 2. The Morgan fingerprint density at radius 3 is 2.40 bits per heavy atom. The number of amides is 2. The Balaban J connectivity index is 2.05. The van der Waals surface area contributed by atoms with E-state index in [-0.39, 0.29) is 16.8 Å². The zero-order chi connectivity index (χ0) is 18.6. The van der Waals surface area contributed by atoms with Gasteiger partial charge in [-0.05, 0) is 31.2 Å². The summed E-state index contributed by atoms with van der Waals surface area (Å²) in [6.45, 7) is 1.42. The number of hydrogen-bond acceptors (Lipinski definition) is 3. The van der Waals surface area contributed by atoms with Crippen LogP contribution < -0.4 is 10.6 Å². The van der Waals surface area contributed by atoms with Crippen LogP contribution in [0.1, 0.15) is 24.1 Å². The lowest BCUT2D eigenvalue weighted by Crippen LogP contribution is -2.37. The lowest BCUT2D eigenvalue weighted by atomic mass is 10.1. The fourth-order valence-electron chi connectivity index (χ4n) is 2.07. The molecule has 0 unspecified atom stereocenters. The number of benzene rings is 2. The molecule has 0 saturated carbocycles. The first-order valence-electron chi connectivity index (χ1n) is 7.08. The number of anilines is 1. The molecule has 1 atom stereocenters. The maximum absolute atomic E-state index is 13.7. The summed E-state index contributed by atoms with van der Waals surface area (Å²) in [6.07, 6.45) is 0. The summed E-state index contributed by atoms with van der Waals surface area (Å²) in [5.41, 5.74) is -0.227. The molecule has 0 aliphatic rings. The maximum atomic E-state index is 13.7. The predicted octanol–water partition coefficient (Wildman–Crippen LogP) is 2.79. The Hall–Kier alpha value is -3.34. The van der Waals surface area contributed by atoms with Gasteiger partial charge in [-0.15, -0.1) is 0 Å². The molecule has 0 saturated heterocycles. The van der Waals surface area contributed by atoms with Gasteiger partial charge in [0.1, 0.15) is 23.5 Å². The second kappa shape index (κ2) is 7.49. The fourth-order valence-corrected chi connectivity index (χ4v) is 2.07. The van der Waals surface area contributed by atoms with Crippen molar-refractivity contribution in [1.82, 2.24) is 5.32 Å². The van der Waals surface area contributed by atoms with Crippen LogP contribution in [0, 0.1) is 28.8 Å². The molecule has 0 bridgehead atoms. The summed E-state index contributed by atoms with van der Waals surface area (Å²) in [5, 5.41) is 13.2. The molecule has 5 nitrogen and oxygen atoms in total. The van der Waals surface area contributed by atoms with Crippen molar-refractivity contribution in [3.8, 4) is 6.07 Å². The third-order valence-corrected chi connectivity index (χ3v) is 3.33. The molecule has 0 heterocycles. The largest absolute Gasteiger partial charge is 0.341 e. The first-order chi connectivity index (χ1) is 11.8. The number of nitriles is 1. The molecule has 0 spiro atoms. The first-order valence-corrected chi connectivity index (χ1v) is 7.08. The lowest BCUT2D eigenvalue weighted by molar-refractivity contribution is -0.136. The molecule has 8 heteroatoms. The number of carbonyl (C=O) groups is 2. The van der Waals surface area contributed by atoms with Crippen LogP contribution in [0.25, 0.3) is 0 Å². The summed E-state index contributed by atoms with van der Waals surface area (Å²) in [6, 6.07) is 6.81. The molecule has 2 aromatic rings. The zero-order valence-electron chi connectivity index (χ0n) is 12.9. The number of nitrogens with zero attached hydrogens (tertiary/aromatic N) is 1. The second-order valence-electron chi connectivity index (χ2n) is 5.12. The monoisotopic (exact) mass is 347 g/mol. The second-order valence-corrected chi connectivity index (χ2v) is 5.12. The topological polar surface area (TPSA) is 82.0 Å². The summed E-state index contributed by atoms with van der Waals surface area (Å²) < 4.78 is 39.8. The molecule has 0 fully saturated rings. The van der Waals surface area contributed by atoms with Crippen molar-refractivity contribution in [3.05, 3.63) is 65.0 Å². The van der Waals surface area contributed by atoms with Gasteiger partial charge in [-0.25, -0.2) is 13.2 Å². The molecule has 2 rings (SSSR count). The number of nitrogens with one attached hydrogen (secondary N) is 2. The maximum Gasteiger partial charge on any atom is 0.313 e. The Bertz CT molecular complexity index is 878. The summed E-state index contributed by atoms with van der Waals surface area (Å²) >= 11 is 0. The van der Waals surface area contributed by atoms with Crippen LogP contribution in [0.5, 0.6) is 0 Å². The Morgan fingerprint density at radius 2 is 1.76 bits per heavy atom. The van der Waals surface area contributed by atoms with E-state index < -0.39 is 35.3 Å². The average Bonchev–Trinajstić information content (AvgIpc) is 2.56. The highest BCUT2D eigenvalue weighted by Gasteiger charge is 2.19. The van der Waals surface area contributed by atoms with Gasteiger partial charge in [0, 0.05) is 17.3 Å². The molecule has 25 heavy (non-hydrogen) atoms. The summed E-state index contributed by atoms with van der Waals surface area (Å²) in [7, 11) is 0. The van der Waals surface area contributed by atoms with Crippen LogP contribution in [0.3, 0.4) is 0 Å². The highest BCUT2D eigenvalue weighted by atomic mass is 19.1. The fraction of sp³-hybridized carbons (Fsp3) is 0.118. The van der Waals surface area contributed by atoms with Gasteiger partial charge in [0.2, 0.25) is 0 Å². The van der Waals surface area contributed by atoms with E-state index in [0.717, 1.165) is 24.3 Å². The van der Waals surface area contributed by atoms with Gasteiger partial charge in [-0.2, -0.15) is 5.26 Å². The highest BCUT2D eigenvalue weighted by Crippen LogP contribution is 2.18. The Morgan fingerprint density at radius 1 is 1.04 bits per heavy atom. The highest BCUT2D eigenvalue weighted by molar-refractivity contribution is 6.39. The van der Waals surface area contributed by atoms with Crippen molar-refractivity contribution in [2.24, 2.45) is 0 Å². The minimum absolute atomic E-state index is 0.0103. The van der Waals surface area contributed by atoms with Gasteiger partial charge in [-0.1, -0.05) is 6.07 Å². The van der Waals surface area contributed by atoms with E-state index in [1.165, 1.54) is 13.0 Å². The first kappa shape index (κ1) is 18.0. The summed E-state index contributed by atoms with van der Waals surface area (Å²) in [4.78, 5) is 23.7. The number of halogens is 3. The van der Waals surface area contributed by atoms with Crippen molar-refractivity contribution in [2.45, 2.75) is 13.0 Å². The normalized spacial score (nSPS) is 11.3. The third kappa shape index (κ3) is 4.35. The van der Waals surface area contributed by atoms with Gasteiger partial charge in [0.25, 0.3) is 0 Å². The van der Waals surface area contributed by atoms with Crippen LogP contribution in [0.15, 0.2) is 36.4 Å². The molecule has 0 aliphatic carbocycles. The van der Waals surface area contributed by atoms with E-state index in [1.807, 2.05) is 0 Å². The van der Waals surface area contributed by atoms with E-state index in [9.17, 15) is 22.8 Å². The zero-order valence-corrected chi connectivity index (χ0v) is 12.9. The Kier molecular flexibility index (Phi) is 5.39. The van der Waals surface area contributed by atoms with Crippen molar-refractivity contribution in [3.63, 3.8) is 0 Å². The van der Waals surface area contributed by atoms with E-state index in [1.54, 1.807) is 6.07 Å². The van der Waals surface area contributed by atoms with Gasteiger partial charge in [0.05, 0.1) is 11.6 Å². The van der Waals surface area contributed by atoms with Crippen molar-refractivity contribution >= 4 is 17.5 Å². The SMILES string of the molecule is C[C@@H](NC(=O)C(=O)Nc1ccc(F)c(C#N)c1)c1ccc(F)cc1F. The number of hydrogen-bond donors (Lipinski definition) is 2. The van der Waals surface area contributed by atoms with E-state index >= 15 is 0 Å².